The van der Waals surface area contributed by atoms with Crippen LogP contribution in [0.2, 0.25) is 0 Å². The Morgan fingerprint density at radius 2 is 1.95 bits per heavy atom. The third-order valence-electron chi connectivity index (χ3n) is 3.33. The first-order chi connectivity index (χ1) is 8.88. The van der Waals surface area contributed by atoms with Crippen molar-refractivity contribution < 1.29 is 14.3 Å². The summed E-state index contributed by atoms with van der Waals surface area (Å²) >= 11 is 0. The molecule has 1 aromatic carbocycles. The van der Waals surface area contributed by atoms with E-state index in [-0.39, 0.29) is 17.8 Å². The Balaban J connectivity index is 2.83. The van der Waals surface area contributed by atoms with E-state index in [0.717, 1.165) is 11.1 Å². The maximum absolute atomic E-state index is 12.3. The molecule has 104 valence electrons. The highest BCUT2D eigenvalue weighted by atomic mass is 16.5. The first-order valence-electron chi connectivity index (χ1n) is 6.28. The average Bonchev–Trinajstić information content (AvgIpc) is 2.39. The monoisotopic (exact) mass is 263 g/mol. The Morgan fingerprint density at radius 1 is 1.32 bits per heavy atom. The molecule has 1 unspecified atom stereocenters. The number of benzene rings is 1. The fraction of sp³-hybridized carbons (Fsp3) is 0.467. The van der Waals surface area contributed by atoms with Crippen molar-refractivity contribution in [3.05, 3.63) is 34.9 Å². The molecule has 0 aromatic heterocycles. The molecule has 1 atom stereocenters. The van der Waals surface area contributed by atoms with E-state index in [1.807, 2.05) is 32.0 Å². The molecule has 4 nitrogen and oxygen atoms in total. The minimum Gasteiger partial charge on any atom is -0.469 e. The summed E-state index contributed by atoms with van der Waals surface area (Å²) in [6.45, 7) is 6.00. The fourth-order valence-electron chi connectivity index (χ4n) is 1.96. The molecule has 0 aliphatic rings. The van der Waals surface area contributed by atoms with Gasteiger partial charge in [0.1, 0.15) is 0 Å². The number of nitrogens with zero attached hydrogens (tertiary/aromatic N) is 1. The first kappa shape index (κ1) is 15.2. The van der Waals surface area contributed by atoms with Gasteiger partial charge in [0, 0.05) is 19.2 Å². The number of ether oxygens (including phenoxy) is 1. The van der Waals surface area contributed by atoms with Crippen LogP contribution in [0.25, 0.3) is 0 Å². The number of aryl methyl sites for hydroxylation is 1. The first-order valence-corrected chi connectivity index (χ1v) is 6.28. The lowest BCUT2D eigenvalue weighted by Crippen LogP contribution is -2.34. The predicted octanol–water partition coefficient (Wildman–Crippen LogP) is 2.18. The molecular weight excluding hydrogens is 242 g/mol. The van der Waals surface area contributed by atoms with Crippen LogP contribution in [0.4, 0.5) is 0 Å². The van der Waals surface area contributed by atoms with Gasteiger partial charge in [0.25, 0.3) is 5.91 Å². The SMILES string of the molecule is COC(=O)C(C)CN(C)C(=O)c1cccc(C)c1C. The second kappa shape index (κ2) is 6.36. The largest absolute Gasteiger partial charge is 0.469 e. The average molecular weight is 263 g/mol. The van der Waals surface area contributed by atoms with Crippen LogP contribution in [-0.4, -0.2) is 37.5 Å². The van der Waals surface area contributed by atoms with Crippen molar-refractivity contribution in [2.24, 2.45) is 5.92 Å². The van der Waals surface area contributed by atoms with Crippen LogP contribution in [0.3, 0.4) is 0 Å². The summed E-state index contributed by atoms with van der Waals surface area (Å²) in [6.07, 6.45) is 0. The summed E-state index contributed by atoms with van der Waals surface area (Å²) in [4.78, 5) is 25.3. The van der Waals surface area contributed by atoms with Crippen LogP contribution >= 0.6 is 0 Å². The number of hydrogen-bond donors (Lipinski definition) is 0. The predicted molar refractivity (Wildman–Crippen MR) is 74.1 cm³/mol. The fourth-order valence-corrected chi connectivity index (χ4v) is 1.96. The summed E-state index contributed by atoms with van der Waals surface area (Å²) in [5.41, 5.74) is 2.74. The van der Waals surface area contributed by atoms with E-state index in [1.54, 1.807) is 18.9 Å². The zero-order valence-electron chi connectivity index (χ0n) is 12.2. The lowest BCUT2D eigenvalue weighted by molar-refractivity contribution is -0.145. The van der Waals surface area contributed by atoms with Gasteiger partial charge in [-0.2, -0.15) is 0 Å². The number of methoxy groups -OCH3 is 1. The smallest absolute Gasteiger partial charge is 0.310 e. The Morgan fingerprint density at radius 3 is 2.53 bits per heavy atom. The summed E-state index contributed by atoms with van der Waals surface area (Å²) in [7, 11) is 3.05. The lowest BCUT2D eigenvalue weighted by Gasteiger charge is -2.21. The van der Waals surface area contributed by atoms with Gasteiger partial charge in [0.2, 0.25) is 0 Å². The normalized spacial score (nSPS) is 11.8. The molecule has 0 fully saturated rings. The second-order valence-corrected chi connectivity index (χ2v) is 4.86. The third kappa shape index (κ3) is 3.56. The molecule has 0 N–H and O–H groups in total. The van der Waals surface area contributed by atoms with Crippen molar-refractivity contribution in [2.75, 3.05) is 20.7 Å². The maximum Gasteiger partial charge on any atom is 0.310 e. The molecule has 1 rings (SSSR count). The van der Waals surface area contributed by atoms with Gasteiger partial charge in [-0.25, -0.2) is 0 Å². The van der Waals surface area contributed by atoms with E-state index in [1.165, 1.54) is 7.11 Å². The highest BCUT2D eigenvalue weighted by Gasteiger charge is 2.20. The van der Waals surface area contributed by atoms with Gasteiger partial charge < -0.3 is 9.64 Å². The van der Waals surface area contributed by atoms with Gasteiger partial charge in [0.05, 0.1) is 13.0 Å². The number of amides is 1. The van der Waals surface area contributed by atoms with Crippen LogP contribution in [0.5, 0.6) is 0 Å². The summed E-state index contributed by atoms with van der Waals surface area (Å²) in [5.74, 6) is -0.707. The second-order valence-electron chi connectivity index (χ2n) is 4.86. The zero-order chi connectivity index (χ0) is 14.6. The van der Waals surface area contributed by atoms with E-state index in [2.05, 4.69) is 4.74 Å². The Bertz CT molecular complexity index is 482. The quantitative estimate of drug-likeness (QED) is 0.782. The molecule has 0 spiro atoms. The van der Waals surface area contributed by atoms with Gasteiger partial charge in [-0.1, -0.05) is 19.1 Å². The zero-order valence-corrected chi connectivity index (χ0v) is 12.2. The Hall–Kier alpha value is -1.84. The third-order valence-corrected chi connectivity index (χ3v) is 3.33. The van der Waals surface area contributed by atoms with E-state index in [9.17, 15) is 9.59 Å². The van der Waals surface area contributed by atoms with Gasteiger partial charge in [-0.3, -0.25) is 9.59 Å². The van der Waals surface area contributed by atoms with E-state index < -0.39 is 0 Å². The highest BCUT2D eigenvalue weighted by Crippen LogP contribution is 2.15. The molecule has 0 saturated carbocycles. The highest BCUT2D eigenvalue weighted by molar-refractivity contribution is 5.96. The molecular formula is C15H21NO3. The van der Waals surface area contributed by atoms with Crippen LogP contribution in [0.15, 0.2) is 18.2 Å². The number of carbonyl (C=O) groups is 2. The van der Waals surface area contributed by atoms with Crippen LogP contribution < -0.4 is 0 Å². The molecule has 0 aliphatic carbocycles. The van der Waals surface area contributed by atoms with E-state index in [4.69, 9.17) is 0 Å². The lowest BCUT2D eigenvalue weighted by atomic mass is 10.0. The number of carbonyl (C=O) groups excluding carboxylic acids is 2. The molecule has 1 amide bonds. The van der Waals surface area contributed by atoms with E-state index >= 15 is 0 Å². The van der Waals surface area contributed by atoms with Crippen LogP contribution in [-0.2, 0) is 9.53 Å². The molecule has 0 aliphatic heterocycles. The molecule has 0 heterocycles. The molecule has 19 heavy (non-hydrogen) atoms. The van der Waals surface area contributed by atoms with Crippen molar-refractivity contribution in [2.45, 2.75) is 20.8 Å². The summed E-state index contributed by atoms with van der Waals surface area (Å²) < 4.78 is 4.66. The van der Waals surface area contributed by atoms with Gasteiger partial charge in [0.15, 0.2) is 0 Å². The summed E-state index contributed by atoms with van der Waals surface area (Å²) in [6, 6.07) is 5.65. The van der Waals surface area contributed by atoms with Crippen LogP contribution in [0, 0.1) is 19.8 Å². The molecule has 4 heteroatoms. The van der Waals surface area contributed by atoms with Gasteiger partial charge >= 0.3 is 5.97 Å². The number of hydrogen-bond acceptors (Lipinski definition) is 3. The maximum atomic E-state index is 12.3. The minimum atomic E-state index is -0.330. The topological polar surface area (TPSA) is 46.6 Å². The van der Waals surface area contributed by atoms with Crippen molar-refractivity contribution in [3.63, 3.8) is 0 Å². The van der Waals surface area contributed by atoms with Crippen molar-refractivity contribution in [1.82, 2.24) is 4.90 Å². The van der Waals surface area contributed by atoms with Crippen LogP contribution in [0.1, 0.15) is 28.4 Å². The number of esters is 1. The molecule has 0 radical (unpaired) electrons. The van der Waals surface area contributed by atoms with Crippen molar-refractivity contribution in [3.8, 4) is 0 Å². The minimum absolute atomic E-state index is 0.0723. The molecule has 0 bridgehead atoms. The van der Waals surface area contributed by atoms with Gasteiger partial charge in [-0.05, 0) is 31.0 Å². The Kier molecular flexibility index (Phi) is 5.10. The van der Waals surface area contributed by atoms with Crippen molar-refractivity contribution >= 4 is 11.9 Å². The van der Waals surface area contributed by atoms with Crippen molar-refractivity contribution in [1.29, 1.82) is 0 Å². The number of rotatable bonds is 4. The van der Waals surface area contributed by atoms with Gasteiger partial charge in [-0.15, -0.1) is 0 Å². The Labute approximate surface area is 114 Å². The summed E-state index contributed by atoms with van der Waals surface area (Å²) in [5, 5.41) is 0. The van der Waals surface area contributed by atoms with E-state index in [0.29, 0.717) is 12.1 Å². The molecule has 1 aromatic rings. The standard InChI is InChI=1S/C15H21NO3/c1-10-7-6-8-13(12(10)3)14(17)16(4)9-11(2)15(18)19-5/h6-8,11H,9H2,1-5H3. The molecule has 0 saturated heterocycles.